The molecule has 5 heteroatoms. The largest absolute Gasteiger partial charge is 0.271 e. The van der Waals surface area contributed by atoms with E-state index in [0.29, 0.717) is 11.4 Å². The van der Waals surface area contributed by atoms with E-state index in [9.17, 15) is 4.39 Å². The Hall–Kier alpha value is -1.49. The smallest absolute Gasteiger partial charge is 0.124 e. The third-order valence-corrected chi connectivity index (χ3v) is 3.26. The third kappa shape index (κ3) is 3.50. The van der Waals surface area contributed by atoms with Crippen LogP contribution >= 0.6 is 11.6 Å². The van der Waals surface area contributed by atoms with Crippen LogP contribution in [0.2, 0.25) is 5.02 Å². The van der Waals surface area contributed by atoms with E-state index in [1.165, 1.54) is 12.1 Å². The molecule has 3 N–H and O–H groups in total. The Bertz CT molecular complexity index is 574. The molecule has 1 atom stereocenters. The molecule has 3 nitrogen and oxygen atoms in total. The van der Waals surface area contributed by atoms with Gasteiger partial charge >= 0.3 is 0 Å². The van der Waals surface area contributed by atoms with E-state index in [2.05, 4.69) is 10.4 Å². The summed E-state index contributed by atoms with van der Waals surface area (Å²) in [7, 11) is 0. The second-order valence-corrected chi connectivity index (χ2v) is 4.77. The highest BCUT2D eigenvalue weighted by Crippen LogP contribution is 2.23. The summed E-state index contributed by atoms with van der Waals surface area (Å²) in [5.41, 5.74) is 5.30. The maximum atomic E-state index is 13.0. The molecule has 0 aliphatic heterocycles. The quantitative estimate of drug-likeness (QED) is 0.668. The molecule has 0 fully saturated rings. The van der Waals surface area contributed by atoms with Gasteiger partial charge in [-0.1, -0.05) is 23.7 Å². The van der Waals surface area contributed by atoms with Gasteiger partial charge in [-0.05, 0) is 43.2 Å². The van der Waals surface area contributed by atoms with Gasteiger partial charge < -0.3 is 0 Å². The number of aromatic nitrogens is 1. The lowest BCUT2D eigenvalue weighted by Gasteiger charge is -2.16. The van der Waals surface area contributed by atoms with Crippen LogP contribution in [0.4, 0.5) is 4.39 Å². The molecule has 0 radical (unpaired) electrons. The second kappa shape index (κ2) is 6.10. The highest BCUT2D eigenvalue weighted by atomic mass is 35.5. The Morgan fingerprint density at radius 1 is 1.37 bits per heavy atom. The molecule has 1 aromatic heterocycles. The average Bonchev–Trinajstić information content (AvgIpc) is 2.38. The Labute approximate surface area is 116 Å². The van der Waals surface area contributed by atoms with Crippen molar-refractivity contribution < 1.29 is 4.39 Å². The van der Waals surface area contributed by atoms with Crippen LogP contribution in [0.1, 0.15) is 23.0 Å². The number of pyridine rings is 1. The van der Waals surface area contributed by atoms with E-state index in [-0.39, 0.29) is 11.9 Å². The summed E-state index contributed by atoms with van der Waals surface area (Å²) in [6.07, 6.45) is 0.548. The summed E-state index contributed by atoms with van der Waals surface area (Å²) < 4.78 is 13.0. The van der Waals surface area contributed by atoms with Gasteiger partial charge in [0, 0.05) is 10.7 Å². The number of hydrazine groups is 1. The minimum absolute atomic E-state index is 0.164. The summed E-state index contributed by atoms with van der Waals surface area (Å²) in [6, 6.07) is 9.93. The fraction of sp³-hybridized carbons (Fsp3) is 0.214. The van der Waals surface area contributed by atoms with E-state index < -0.39 is 0 Å². The number of aryl methyl sites for hydroxylation is 1. The van der Waals surface area contributed by atoms with Crippen molar-refractivity contribution in [2.75, 3.05) is 0 Å². The fourth-order valence-electron chi connectivity index (χ4n) is 1.91. The maximum Gasteiger partial charge on any atom is 0.124 e. The lowest BCUT2D eigenvalue weighted by Crippen LogP contribution is -2.30. The summed E-state index contributed by atoms with van der Waals surface area (Å²) in [4.78, 5) is 4.43. The van der Waals surface area contributed by atoms with Gasteiger partial charge in [0.15, 0.2) is 0 Å². The molecule has 0 spiro atoms. The first-order chi connectivity index (χ1) is 9.10. The highest BCUT2D eigenvalue weighted by Gasteiger charge is 2.14. The van der Waals surface area contributed by atoms with Crippen LogP contribution in [0.5, 0.6) is 0 Å². The Balaban J connectivity index is 2.24. The molecule has 100 valence electrons. The predicted molar refractivity (Wildman–Crippen MR) is 74.2 cm³/mol. The number of benzene rings is 1. The summed E-state index contributed by atoms with van der Waals surface area (Å²) in [6.45, 7) is 1.92. The fourth-order valence-corrected chi connectivity index (χ4v) is 2.16. The number of nitrogens with two attached hydrogens (primary N) is 1. The van der Waals surface area contributed by atoms with Crippen LogP contribution in [0.25, 0.3) is 0 Å². The van der Waals surface area contributed by atoms with Gasteiger partial charge in [-0.3, -0.25) is 16.3 Å². The van der Waals surface area contributed by atoms with E-state index in [0.717, 1.165) is 17.0 Å². The number of rotatable bonds is 4. The Kier molecular flexibility index (Phi) is 4.47. The number of nitrogens with one attached hydrogen (secondary N) is 1. The van der Waals surface area contributed by atoms with Gasteiger partial charge in [-0.2, -0.15) is 0 Å². The lowest BCUT2D eigenvalue weighted by atomic mass is 10.0. The molecule has 2 aromatic rings. The predicted octanol–water partition coefficient (Wildman–Crippen LogP) is 2.93. The summed E-state index contributed by atoms with van der Waals surface area (Å²) in [5, 5.41) is 0.396. The molecule has 0 aliphatic carbocycles. The number of nitrogens with zero attached hydrogens (tertiary/aromatic N) is 1. The maximum absolute atomic E-state index is 13.0. The third-order valence-electron chi connectivity index (χ3n) is 2.91. The van der Waals surface area contributed by atoms with Crippen molar-refractivity contribution in [3.63, 3.8) is 0 Å². The van der Waals surface area contributed by atoms with Crippen LogP contribution < -0.4 is 11.3 Å². The van der Waals surface area contributed by atoms with Crippen LogP contribution in [-0.2, 0) is 6.42 Å². The molecule has 0 bridgehead atoms. The SMILES string of the molecule is Cc1cccc(C(Cc2ccc(F)cc2Cl)NN)n1. The molecule has 1 heterocycles. The zero-order valence-electron chi connectivity index (χ0n) is 10.5. The minimum Gasteiger partial charge on any atom is -0.271 e. The van der Waals surface area contributed by atoms with Crippen LogP contribution in [0.15, 0.2) is 36.4 Å². The molecule has 1 unspecified atom stereocenters. The topological polar surface area (TPSA) is 50.9 Å². The highest BCUT2D eigenvalue weighted by molar-refractivity contribution is 6.31. The molecule has 0 aliphatic rings. The first-order valence-corrected chi connectivity index (χ1v) is 6.31. The molecule has 0 amide bonds. The number of halogens is 2. The van der Waals surface area contributed by atoms with Gasteiger partial charge in [0.05, 0.1) is 11.7 Å². The van der Waals surface area contributed by atoms with Crippen LogP contribution in [0.3, 0.4) is 0 Å². The van der Waals surface area contributed by atoms with Gasteiger partial charge in [0.2, 0.25) is 0 Å². The Morgan fingerprint density at radius 3 is 2.79 bits per heavy atom. The molecule has 19 heavy (non-hydrogen) atoms. The van der Waals surface area contributed by atoms with Crippen molar-refractivity contribution in [2.24, 2.45) is 5.84 Å². The first-order valence-electron chi connectivity index (χ1n) is 5.94. The van der Waals surface area contributed by atoms with Crippen LogP contribution in [-0.4, -0.2) is 4.98 Å². The molecule has 0 saturated heterocycles. The van der Waals surface area contributed by atoms with Crippen molar-refractivity contribution in [1.82, 2.24) is 10.4 Å². The van der Waals surface area contributed by atoms with E-state index >= 15 is 0 Å². The van der Waals surface area contributed by atoms with Gasteiger partial charge in [0.1, 0.15) is 5.82 Å². The second-order valence-electron chi connectivity index (χ2n) is 4.36. The Morgan fingerprint density at radius 2 is 2.16 bits per heavy atom. The van der Waals surface area contributed by atoms with Crippen molar-refractivity contribution in [1.29, 1.82) is 0 Å². The molecular weight excluding hydrogens is 265 g/mol. The number of hydrogen-bond acceptors (Lipinski definition) is 3. The minimum atomic E-state index is -0.348. The molecular formula is C14H15ClFN3. The van der Waals surface area contributed by atoms with E-state index in [4.69, 9.17) is 17.4 Å². The van der Waals surface area contributed by atoms with Gasteiger partial charge in [-0.25, -0.2) is 4.39 Å². The zero-order valence-corrected chi connectivity index (χ0v) is 11.3. The lowest BCUT2D eigenvalue weighted by molar-refractivity contribution is 0.536. The van der Waals surface area contributed by atoms with Crippen molar-refractivity contribution in [2.45, 2.75) is 19.4 Å². The molecule has 2 rings (SSSR count). The summed E-state index contributed by atoms with van der Waals surface area (Å²) >= 11 is 6.02. The summed E-state index contributed by atoms with van der Waals surface area (Å²) in [5.74, 6) is 5.23. The van der Waals surface area contributed by atoms with Crippen molar-refractivity contribution >= 4 is 11.6 Å². The monoisotopic (exact) mass is 279 g/mol. The molecule has 0 saturated carbocycles. The first kappa shape index (κ1) is 13.9. The van der Waals surface area contributed by atoms with Crippen molar-refractivity contribution in [3.8, 4) is 0 Å². The van der Waals surface area contributed by atoms with Crippen molar-refractivity contribution in [3.05, 3.63) is 64.2 Å². The molecule has 1 aromatic carbocycles. The van der Waals surface area contributed by atoms with E-state index in [1.54, 1.807) is 6.07 Å². The normalized spacial score (nSPS) is 12.4. The van der Waals surface area contributed by atoms with Gasteiger partial charge in [-0.15, -0.1) is 0 Å². The standard InChI is InChI=1S/C14H15ClFN3/c1-9-3-2-4-13(18-9)14(19-17)7-10-5-6-11(16)8-12(10)15/h2-6,8,14,19H,7,17H2,1H3. The van der Waals surface area contributed by atoms with Gasteiger partial charge in [0.25, 0.3) is 0 Å². The average molecular weight is 280 g/mol. The number of hydrogen-bond donors (Lipinski definition) is 2. The van der Waals surface area contributed by atoms with E-state index in [1.807, 2.05) is 25.1 Å². The van der Waals surface area contributed by atoms with Crippen LogP contribution in [0, 0.1) is 12.7 Å². The zero-order chi connectivity index (χ0) is 13.8.